The van der Waals surface area contributed by atoms with Gasteiger partial charge in [0.05, 0.1) is 14.2 Å². The van der Waals surface area contributed by atoms with Crippen LogP contribution in [-0.4, -0.2) is 36.4 Å². The molecular weight excluding hydrogens is 432 g/mol. The van der Waals surface area contributed by atoms with Crippen molar-refractivity contribution in [3.63, 3.8) is 0 Å². The molecule has 0 amide bonds. The second-order valence-electron chi connectivity index (χ2n) is 7.68. The van der Waals surface area contributed by atoms with Crippen LogP contribution in [0.3, 0.4) is 0 Å². The van der Waals surface area contributed by atoms with Gasteiger partial charge in [0.15, 0.2) is 0 Å². The first-order valence-electron chi connectivity index (χ1n) is 11.5. The average Bonchev–Trinajstić information content (AvgIpc) is 2.84. The van der Waals surface area contributed by atoms with Crippen LogP contribution in [0.2, 0.25) is 0 Å². The van der Waals surface area contributed by atoms with E-state index in [-0.39, 0.29) is 0 Å². The number of unbranched alkanes of at least 4 members (excludes halogenated alkanes) is 2. The van der Waals surface area contributed by atoms with Gasteiger partial charge in [-0.05, 0) is 60.2 Å². The van der Waals surface area contributed by atoms with Crippen molar-refractivity contribution < 1.29 is 29.3 Å². The molecule has 6 heteroatoms. The van der Waals surface area contributed by atoms with E-state index < -0.39 is 11.9 Å². The highest BCUT2D eigenvalue weighted by Crippen LogP contribution is 2.32. The molecule has 0 spiro atoms. The Balaban J connectivity index is 0.000000380. The summed E-state index contributed by atoms with van der Waals surface area (Å²) in [6, 6.07) is 13.1. The van der Waals surface area contributed by atoms with Crippen molar-refractivity contribution in [2.45, 2.75) is 51.9 Å². The summed E-state index contributed by atoms with van der Waals surface area (Å²) >= 11 is 0. The maximum atomic E-state index is 10.7. The molecule has 0 aliphatic carbocycles. The summed E-state index contributed by atoms with van der Waals surface area (Å²) < 4.78 is 10.3. The summed E-state index contributed by atoms with van der Waals surface area (Å²) in [6.07, 6.45) is 11.3. The number of methoxy groups -OCH3 is 2. The number of carboxylic acids is 2. The zero-order valence-corrected chi connectivity index (χ0v) is 20.5. The molecule has 0 radical (unpaired) electrons. The molecule has 0 saturated carbocycles. The molecule has 34 heavy (non-hydrogen) atoms. The molecular formula is C28H36O6. The predicted octanol–water partition coefficient (Wildman–Crippen LogP) is 6.66. The monoisotopic (exact) mass is 468 g/mol. The highest BCUT2D eigenvalue weighted by atomic mass is 16.5. The van der Waals surface area contributed by atoms with Crippen molar-refractivity contribution in [1.29, 1.82) is 0 Å². The summed E-state index contributed by atoms with van der Waals surface area (Å²) in [7, 11) is 3.21. The van der Waals surface area contributed by atoms with Crippen molar-refractivity contribution >= 4 is 24.1 Å². The van der Waals surface area contributed by atoms with Crippen molar-refractivity contribution in [2.24, 2.45) is 0 Å². The second-order valence-corrected chi connectivity index (χ2v) is 7.68. The zero-order valence-electron chi connectivity index (χ0n) is 20.5. The largest absolute Gasteiger partial charge is 0.497 e. The van der Waals surface area contributed by atoms with E-state index in [1.165, 1.54) is 37.0 Å². The Labute approximate surface area is 202 Å². The second kappa shape index (κ2) is 16.1. The number of benzene rings is 2. The van der Waals surface area contributed by atoms with Crippen LogP contribution in [0.4, 0.5) is 0 Å². The third-order valence-electron chi connectivity index (χ3n) is 5.33. The highest BCUT2D eigenvalue weighted by molar-refractivity contribution is 5.86. The standard InChI is InChI=1S/C18H26O3.C10H10O3/c1-4-6-7-8-14(5-2)17-13-16(21-3)11-9-15(17)10-12-18(19)20;1-13-9-5-3-2-4-8(9)6-7-10(11)12/h9-14H,4-8H2,1-3H3,(H,19,20);2-7H,1H3,(H,11,12)/b12-10+;7-6+. The van der Waals surface area contributed by atoms with Gasteiger partial charge in [0.1, 0.15) is 11.5 Å². The van der Waals surface area contributed by atoms with Gasteiger partial charge in [-0.3, -0.25) is 0 Å². The fourth-order valence-corrected chi connectivity index (χ4v) is 3.53. The van der Waals surface area contributed by atoms with Crippen LogP contribution in [0.25, 0.3) is 12.2 Å². The first kappa shape index (κ1) is 28.5. The molecule has 0 aromatic heterocycles. The first-order valence-corrected chi connectivity index (χ1v) is 11.5. The Kier molecular flexibility index (Phi) is 13.5. The zero-order chi connectivity index (χ0) is 25.3. The Morgan fingerprint density at radius 3 is 2.09 bits per heavy atom. The van der Waals surface area contributed by atoms with E-state index in [2.05, 4.69) is 13.8 Å². The summed E-state index contributed by atoms with van der Waals surface area (Å²) in [5.41, 5.74) is 2.92. The average molecular weight is 469 g/mol. The SMILES string of the molecule is CCCCCC(CC)c1cc(OC)ccc1/C=C/C(=O)O.COc1ccccc1/C=C/C(=O)O. The minimum Gasteiger partial charge on any atom is -0.497 e. The van der Waals surface area contributed by atoms with E-state index >= 15 is 0 Å². The van der Waals surface area contributed by atoms with Crippen LogP contribution in [0.1, 0.15) is 68.6 Å². The fourth-order valence-electron chi connectivity index (χ4n) is 3.53. The minimum absolute atomic E-state index is 0.445. The summed E-state index contributed by atoms with van der Waals surface area (Å²) in [4.78, 5) is 21.0. The van der Waals surface area contributed by atoms with E-state index in [0.29, 0.717) is 11.7 Å². The van der Waals surface area contributed by atoms with Crippen molar-refractivity contribution in [2.75, 3.05) is 14.2 Å². The Morgan fingerprint density at radius 2 is 1.53 bits per heavy atom. The number of carbonyl (C=O) groups is 2. The molecule has 0 heterocycles. The number of aliphatic carboxylic acids is 2. The van der Waals surface area contributed by atoms with Gasteiger partial charge in [-0.1, -0.05) is 57.4 Å². The van der Waals surface area contributed by atoms with Gasteiger partial charge in [-0.25, -0.2) is 9.59 Å². The van der Waals surface area contributed by atoms with Crippen LogP contribution in [0, 0.1) is 0 Å². The van der Waals surface area contributed by atoms with Gasteiger partial charge in [0.2, 0.25) is 0 Å². The number of carboxylic acid groups (broad SMARTS) is 2. The molecule has 6 nitrogen and oxygen atoms in total. The van der Waals surface area contributed by atoms with Gasteiger partial charge >= 0.3 is 11.9 Å². The molecule has 1 atom stereocenters. The molecule has 2 N–H and O–H groups in total. The number of ether oxygens (including phenoxy) is 2. The predicted molar refractivity (Wildman–Crippen MR) is 137 cm³/mol. The maximum absolute atomic E-state index is 10.7. The van der Waals surface area contributed by atoms with Gasteiger partial charge in [-0.2, -0.15) is 0 Å². The number of para-hydroxylation sites is 1. The molecule has 1 unspecified atom stereocenters. The quantitative estimate of drug-likeness (QED) is 0.267. The van der Waals surface area contributed by atoms with E-state index in [9.17, 15) is 9.59 Å². The number of hydrogen-bond donors (Lipinski definition) is 2. The highest BCUT2D eigenvalue weighted by Gasteiger charge is 2.14. The summed E-state index contributed by atoms with van der Waals surface area (Å²) in [5.74, 6) is 0.0493. The number of hydrogen-bond acceptors (Lipinski definition) is 4. The Hall–Kier alpha value is -3.54. The molecule has 0 aliphatic rings. The maximum Gasteiger partial charge on any atom is 0.328 e. The lowest BCUT2D eigenvalue weighted by molar-refractivity contribution is -0.132. The van der Waals surface area contributed by atoms with Crippen molar-refractivity contribution in [3.05, 3.63) is 71.3 Å². The molecule has 2 rings (SSSR count). The van der Waals surface area contributed by atoms with E-state index in [1.807, 2.05) is 30.3 Å². The topological polar surface area (TPSA) is 93.1 Å². The van der Waals surface area contributed by atoms with E-state index in [1.54, 1.807) is 32.4 Å². The minimum atomic E-state index is -0.967. The van der Waals surface area contributed by atoms with Crippen molar-refractivity contribution in [3.8, 4) is 11.5 Å². The lowest BCUT2D eigenvalue weighted by Crippen LogP contribution is -2.01. The Bertz CT molecular complexity index is 961. The molecule has 0 fully saturated rings. The van der Waals surface area contributed by atoms with E-state index in [0.717, 1.165) is 35.8 Å². The third-order valence-corrected chi connectivity index (χ3v) is 5.33. The third kappa shape index (κ3) is 10.4. The Morgan fingerprint density at radius 1 is 0.882 bits per heavy atom. The van der Waals surface area contributed by atoms with Crippen LogP contribution >= 0.6 is 0 Å². The smallest absolute Gasteiger partial charge is 0.328 e. The lowest BCUT2D eigenvalue weighted by Gasteiger charge is -2.19. The first-order chi connectivity index (χ1) is 16.4. The fraction of sp³-hybridized carbons (Fsp3) is 0.357. The molecule has 2 aromatic rings. The van der Waals surface area contributed by atoms with Crippen LogP contribution in [0.5, 0.6) is 11.5 Å². The normalized spacial score (nSPS) is 11.6. The summed E-state index contributed by atoms with van der Waals surface area (Å²) in [5, 5.41) is 17.2. The van der Waals surface area contributed by atoms with Gasteiger partial charge < -0.3 is 19.7 Å². The van der Waals surface area contributed by atoms with Gasteiger partial charge in [0, 0.05) is 17.7 Å². The van der Waals surface area contributed by atoms with Crippen LogP contribution in [0.15, 0.2) is 54.6 Å². The lowest BCUT2D eigenvalue weighted by atomic mass is 9.87. The van der Waals surface area contributed by atoms with E-state index in [4.69, 9.17) is 19.7 Å². The molecule has 0 aliphatic heterocycles. The molecule has 2 aromatic carbocycles. The molecule has 0 saturated heterocycles. The van der Waals surface area contributed by atoms with Gasteiger partial charge in [0.25, 0.3) is 0 Å². The molecule has 184 valence electrons. The molecule has 0 bridgehead atoms. The van der Waals surface area contributed by atoms with Crippen LogP contribution < -0.4 is 9.47 Å². The number of rotatable bonds is 12. The van der Waals surface area contributed by atoms with Crippen molar-refractivity contribution in [1.82, 2.24) is 0 Å². The van der Waals surface area contributed by atoms with Crippen LogP contribution in [-0.2, 0) is 9.59 Å². The summed E-state index contributed by atoms with van der Waals surface area (Å²) in [6.45, 7) is 4.38. The van der Waals surface area contributed by atoms with Gasteiger partial charge in [-0.15, -0.1) is 0 Å².